The van der Waals surface area contributed by atoms with Crippen LogP contribution in [0.25, 0.3) is 0 Å². The van der Waals surface area contributed by atoms with Gasteiger partial charge in [-0.05, 0) is 31.5 Å². The Morgan fingerprint density at radius 1 is 1.47 bits per heavy atom. The molecule has 4 heteroatoms. The van der Waals surface area contributed by atoms with Crippen LogP contribution < -0.4 is 10.5 Å². The molecule has 0 saturated heterocycles. The van der Waals surface area contributed by atoms with Crippen LogP contribution in [-0.2, 0) is 11.3 Å². The Labute approximate surface area is 114 Å². The second kappa shape index (κ2) is 7.59. The molecule has 1 aromatic carbocycles. The molecule has 0 aliphatic carbocycles. The van der Waals surface area contributed by atoms with Gasteiger partial charge in [0.15, 0.2) is 6.61 Å². The highest BCUT2D eigenvalue weighted by Crippen LogP contribution is 2.13. The Bertz CT molecular complexity index is 444. The van der Waals surface area contributed by atoms with E-state index in [1.165, 1.54) is 0 Å². The Balaban J connectivity index is 2.54. The number of carbonyl (C=O) groups is 1. The van der Waals surface area contributed by atoms with Crippen molar-refractivity contribution in [3.05, 3.63) is 42.0 Å². The van der Waals surface area contributed by atoms with E-state index >= 15 is 0 Å². The van der Waals surface area contributed by atoms with Gasteiger partial charge in [-0.3, -0.25) is 4.79 Å². The number of likely N-dealkylation sites (N-methyl/N-ethyl adjacent to an activating group) is 1. The Hall–Kier alpha value is -1.81. The average Bonchev–Trinajstić information content (AvgIpc) is 2.42. The number of nitrogens with two attached hydrogens (primary N) is 1. The molecule has 1 rings (SSSR count). The van der Waals surface area contributed by atoms with Crippen molar-refractivity contribution in [1.82, 2.24) is 4.90 Å². The fourth-order valence-electron chi connectivity index (χ4n) is 1.70. The summed E-state index contributed by atoms with van der Waals surface area (Å²) in [6.07, 6.45) is 0. The van der Waals surface area contributed by atoms with E-state index in [1.54, 1.807) is 4.90 Å². The number of benzene rings is 1. The molecule has 0 bridgehead atoms. The molecule has 2 N–H and O–H groups in total. The largest absolute Gasteiger partial charge is 0.484 e. The van der Waals surface area contributed by atoms with Crippen LogP contribution >= 0.6 is 0 Å². The summed E-state index contributed by atoms with van der Waals surface area (Å²) in [6, 6.07) is 7.46. The number of carbonyl (C=O) groups excluding carboxylic acids is 1. The summed E-state index contributed by atoms with van der Waals surface area (Å²) in [5.74, 6) is 0.631. The van der Waals surface area contributed by atoms with Crippen molar-refractivity contribution in [2.45, 2.75) is 20.4 Å². The molecular weight excluding hydrogens is 240 g/mol. The number of hydrogen-bond donors (Lipinski definition) is 1. The molecule has 0 atom stereocenters. The SMILES string of the molecule is C=C(C)CN(CC)C(=O)COc1cccc(CN)c1. The highest BCUT2D eigenvalue weighted by Gasteiger charge is 2.12. The lowest BCUT2D eigenvalue weighted by molar-refractivity contribution is -0.132. The summed E-state index contributed by atoms with van der Waals surface area (Å²) in [5.41, 5.74) is 7.50. The van der Waals surface area contributed by atoms with E-state index in [4.69, 9.17) is 10.5 Å². The monoisotopic (exact) mass is 262 g/mol. The topological polar surface area (TPSA) is 55.6 Å². The third-order valence-corrected chi connectivity index (χ3v) is 2.69. The van der Waals surface area contributed by atoms with Crippen LogP contribution in [0.3, 0.4) is 0 Å². The standard InChI is InChI=1S/C15H22N2O2/c1-4-17(10-12(2)3)15(18)11-19-14-7-5-6-13(8-14)9-16/h5-8H,2,4,9-11,16H2,1,3H3. The normalized spacial score (nSPS) is 10.1. The molecule has 0 radical (unpaired) electrons. The van der Waals surface area contributed by atoms with Gasteiger partial charge >= 0.3 is 0 Å². The highest BCUT2D eigenvalue weighted by atomic mass is 16.5. The fourth-order valence-corrected chi connectivity index (χ4v) is 1.70. The van der Waals surface area contributed by atoms with Crippen LogP contribution in [0.1, 0.15) is 19.4 Å². The van der Waals surface area contributed by atoms with Gasteiger partial charge in [0.2, 0.25) is 0 Å². The minimum atomic E-state index is -0.0383. The molecular formula is C15H22N2O2. The predicted octanol–water partition coefficient (Wildman–Crippen LogP) is 1.95. The van der Waals surface area contributed by atoms with E-state index in [0.717, 1.165) is 11.1 Å². The van der Waals surface area contributed by atoms with Crippen LogP contribution in [0.5, 0.6) is 5.75 Å². The van der Waals surface area contributed by atoms with Crippen LogP contribution in [0.4, 0.5) is 0 Å². The summed E-state index contributed by atoms with van der Waals surface area (Å²) in [6.45, 7) is 9.38. The van der Waals surface area contributed by atoms with Gasteiger partial charge in [-0.15, -0.1) is 0 Å². The molecule has 0 unspecified atom stereocenters. The van der Waals surface area contributed by atoms with E-state index in [2.05, 4.69) is 6.58 Å². The summed E-state index contributed by atoms with van der Waals surface area (Å²) in [7, 11) is 0. The zero-order valence-corrected chi connectivity index (χ0v) is 11.7. The van der Waals surface area contributed by atoms with Gasteiger partial charge in [-0.1, -0.05) is 24.3 Å². The van der Waals surface area contributed by atoms with Crippen LogP contribution in [-0.4, -0.2) is 30.5 Å². The lowest BCUT2D eigenvalue weighted by Crippen LogP contribution is -2.35. The molecule has 4 nitrogen and oxygen atoms in total. The second-order valence-corrected chi connectivity index (χ2v) is 4.51. The smallest absolute Gasteiger partial charge is 0.260 e. The minimum absolute atomic E-state index is 0.0368. The number of ether oxygens (including phenoxy) is 1. The molecule has 0 aliphatic heterocycles. The van der Waals surface area contributed by atoms with Gasteiger partial charge in [0.05, 0.1) is 0 Å². The van der Waals surface area contributed by atoms with Crippen LogP contribution in [0.15, 0.2) is 36.4 Å². The molecule has 0 aromatic heterocycles. The highest BCUT2D eigenvalue weighted by molar-refractivity contribution is 5.78. The zero-order chi connectivity index (χ0) is 14.3. The lowest BCUT2D eigenvalue weighted by Gasteiger charge is -2.21. The molecule has 19 heavy (non-hydrogen) atoms. The first-order chi connectivity index (χ1) is 9.06. The molecule has 0 aliphatic rings. The van der Waals surface area contributed by atoms with Crippen molar-refractivity contribution in [1.29, 1.82) is 0 Å². The van der Waals surface area contributed by atoms with Gasteiger partial charge in [-0.25, -0.2) is 0 Å². The third-order valence-electron chi connectivity index (χ3n) is 2.69. The summed E-state index contributed by atoms with van der Waals surface area (Å²) in [4.78, 5) is 13.7. The minimum Gasteiger partial charge on any atom is -0.484 e. The molecule has 1 amide bonds. The van der Waals surface area contributed by atoms with Gasteiger partial charge < -0.3 is 15.4 Å². The van der Waals surface area contributed by atoms with E-state index < -0.39 is 0 Å². The quantitative estimate of drug-likeness (QED) is 0.764. The molecule has 0 spiro atoms. The average molecular weight is 262 g/mol. The van der Waals surface area contributed by atoms with Crippen molar-refractivity contribution in [2.24, 2.45) is 5.73 Å². The van der Waals surface area contributed by atoms with Crippen molar-refractivity contribution in [3.8, 4) is 5.75 Å². The van der Waals surface area contributed by atoms with Gasteiger partial charge in [0.1, 0.15) is 5.75 Å². The van der Waals surface area contributed by atoms with Crippen molar-refractivity contribution < 1.29 is 9.53 Å². The number of nitrogens with zero attached hydrogens (tertiary/aromatic N) is 1. The predicted molar refractivity (Wildman–Crippen MR) is 76.9 cm³/mol. The lowest BCUT2D eigenvalue weighted by atomic mass is 10.2. The second-order valence-electron chi connectivity index (χ2n) is 4.51. The van der Waals surface area contributed by atoms with E-state index in [1.807, 2.05) is 38.1 Å². The van der Waals surface area contributed by atoms with E-state index in [-0.39, 0.29) is 12.5 Å². The van der Waals surface area contributed by atoms with E-state index in [0.29, 0.717) is 25.4 Å². The first-order valence-corrected chi connectivity index (χ1v) is 6.40. The third kappa shape index (κ3) is 5.14. The summed E-state index contributed by atoms with van der Waals surface area (Å²) < 4.78 is 5.50. The number of amides is 1. The Morgan fingerprint density at radius 3 is 2.79 bits per heavy atom. The maximum absolute atomic E-state index is 12.0. The van der Waals surface area contributed by atoms with Gasteiger partial charge in [0.25, 0.3) is 5.91 Å². The number of hydrogen-bond acceptors (Lipinski definition) is 3. The van der Waals surface area contributed by atoms with Crippen molar-refractivity contribution >= 4 is 5.91 Å². The zero-order valence-electron chi connectivity index (χ0n) is 11.7. The van der Waals surface area contributed by atoms with Gasteiger partial charge in [0, 0.05) is 19.6 Å². The first kappa shape index (κ1) is 15.2. The van der Waals surface area contributed by atoms with E-state index in [9.17, 15) is 4.79 Å². The number of rotatable bonds is 7. The first-order valence-electron chi connectivity index (χ1n) is 6.40. The van der Waals surface area contributed by atoms with Crippen molar-refractivity contribution in [3.63, 3.8) is 0 Å². The van der Waals surface area contributed by atoms with Crippen LogP contribution in [0.2, 0.25) is 0 Å². The fraction of sp³-hybridized carbons (Fsp3) is 0.400. The maximum Gasteiger partial charge on any atom is 0.260 e. The van der Waals surface area contributed by atoms with Gasteiger partial charge in [-0.2, -0.15) is 0 Å². The summed E-state index contributed by atoms with van der Waals surface area (Å²) >= 11 is 0. The molecule has 0 fully saturated rings. The Kier molecular flexibility index (Phi) is 6.09. The Morgan fingerprint density at radius 2 is 2.21 bits per heavy atom. The molecule has 104 valence electrons. The van der Waals surface area contributed by atoms with Crippen LogP contribution in [0, 0.1) is 0 Å². The van der Waals surface area contributed by atoms with Crippen molar-refractivity contribution in [2.75, 3.05) is 19.7 Å². The summed E-state index contributed by atoms with van der Waals surface area (Å²) in [5, 5.41) is 0. The molecule has 0 saturated carbocycles. The molecule has 1 aromatic rings. The molecule has 0 heterocycles. The maximum atomic E-state index is 12.0.